The van der Waals surface area contributed by atoms with Crippen LogP contribution in [0.25, 0.3) is 0 Å². The molecule has 150 valence electrons. The summed E-state index contributed by atoms with van der Waals surface area (Å²) in [5, 5.41) is 11.6. The van der Waals surface area contributed by atoms with Gasteiger partial charge >= 0.3 is 5.97 Å². The van der Waals surface area contributed by atoms with E-state index in [1.54, 1.807) is 7.05 Å². The third-order valence-corrected chi connectivity index (χ3v) is 5.80. The van der Waals surface area contributed by atoms with Crippen LogP contribution in [0.2, 0.25) is 0 Å². The van der Waals surface area contributed by atoms with Crippen molar-refractivity contribution < 1.29 is 19.5 Å². The van der Waals surface area contributed by atoms with Gasteiger partial charge in [-0.3, -0.25) is 14.5 Å². The Morgan fingerprint density at radius 2 is 1.76 bits per heavy atom. The molecule has 1 atom stereocenters. The number of nitrogens with zero attached hydrogens (tertiary/aromatic N) is 2. The summed E-state index contributed by atoms with van der Waals surface area (Å²) in [4.78, 5) is 42.0. The quantitative estimate of drug-likeness (QED) is 0.783. The summed E-state index contributed by atoms with van der Waals surface area (Å²) in [6.07, 6.45) is 0.000294. The van der Waals surface area contributed by atoms with Gasteiger partial charge in [-0.15, -0.1) is 0 Å². The highest BCUT2D eigenvalue weighted by Gasteiger charge is 2.37. The average molecular weight is 411 g/mol. The molecule has 0 radical (unpaired) electrons. The number of aliphatic imine (C=N–C) groups is 1. The molecule has 7 nitrogen and oxygen atoms in total. The standard InChI is InChI=1S/C21H21N3O4S/c1-12-5-4-6-13(2)18(12)23-21-24(3)19(26)16(29-21)11-17(25)22-15-9-7-14(8-10-15)20(27)28/h4-10,16H,11H2,1-3H3,(H,22,25)(H,27,28)/t16-/m0/s1. The molecule has 0 aliphatic carbocycles. The van der Waals surface area contributed by atoms with Gasteiger partial charge in [-0.1, -0.05) is 30.0 Å². The Morgan fingerprint density at radius 1 is 1.14 bits per heavy atom. The fourth-order valence-corrected chi connectivity index (χ4v) is 4.09. The molecule has 0 aromatic heterocycles. The Labute approximate surface area is 172 Å². The van der Waals surface area contributed by atoms with E-state index in [1.165, 1.54) is 40.9 Å². The lowest BCUT2D eigenvalue weighted by Crippen LogP contribution is -2.30. The Balaban J connectivity index is 1.68. The minimum absolute atomic E-state index is 0.000294. The minimum atomic E-state index is -1.03. The molecule has 1 heterocycles. The molecule has 0 spiro atoms. The van der Waals surface area contributed by atoms with Crippen molar-refractivity contribution in [1.82, 2.24) is 4.90 Å². The summed E-state index contributed by atoms with van der Waals surface area (Å²) < 4.78 is 0. The SMILES string of the molecule is Cc1cccc(C)c1N=C1S[C@@H](CC(=O)Nc2ccc(C(=O)O)cc2)C(=O)N1C. The Hall–Kier alpha value is -3.13. The van der Waals surface area contributed by atoms with Gasteiger partial charge in [0.25, 0.3) is 0 Å². The minimum Gasteiger partial charge on any atom is -0.478 e. The molecule has 2 aromatic carbocycles. The number of para-hydroxylation sites is 1. The predicted octanol–water partition coefficient (Wildman–Crippen LogP) is 3.59. The van der Waals surface area contributed by atoms with Crippen molar-refractivity contribution in [3.8, 4) is 0 Å². The Kier molecular flexibility index (Phi) is 6.03. The smallest absolute Gasteiger partial charge is 0.335 e. The number of hydrogen-bond donors (Lipinski definition) is 2. The van der Waals surface area contributed by atoms with Crippen molar-refractivity contribution in [2.75, 3.05) is 12.4 Å². The lowest BCUT2D eigenvalue weighted by molar-refractivity contribution is -0.127. The van der Waals surface area contributed by atoms with E-state index in [1.807, 2.05) is 32.0 Å². The summed E-state index contributed by atoms with van der Waals surface area (Å²) in [7, 11) is 1.66. The van der Waals surface area contributed by atoms with Crippen molar-refractivity contribution in [3.63, 3.8) is 0 Å². The number of hydrogen-bond acceptors (Lipinski definition) is 5. The van der Waals surface area contributed by atoms with Gasteiger partial charge in [-0.05, 0) is 49.2 Å². The van der Waals surface area contributed by atoms with Crippen molar-refractivity contribution in [1.29, 1.82) is 0 Å². The highest BCUT2D eigenvalue weighted by molar-refractivity contribution is 8.15. The molecule has 0 saturated carbocycles. The number of carboxylic acid groups (broad SMARTS) is 1. The van der Waals surface area contributed by atoms with Gasteiger partial charge in [-0.25, -0.2) is 9.79 Å². The first-order valence-corrected chi connectivity index (χ1v) is 9.86. The third kappa shape index (κ3) is 4.65. The Morgan fingerprint density at radius 3 is 2.34 bits per heavy atom. The zero-order valence-electron chi connectivity index (χ0n) is 16.3. The van der Waals surface area contributed by atoms with Crippen LogP contribution in [0.4, 0.5) is 11.4 Å². The molecule has 8 heteroatoms. The summed E-state index contributed by atoms with van der Waals surface area (Å²) in [6, 6.07) is 11.8. The number of thioether (sulfide) groups is 1. The zero-order valence-corrected chi connectivity index (χ0v) is 17.1. The molecule has 0 bridgehead atoms. The number of carbonyl (C=O) groups is 3. The number of nitrogens with one attached hydrogen (secondary N) is 1. The number of aromatic carboxylic acids is 1. The van der Waals surface area contributed by atoms with Crippen LogP contribution < -0.4 is 5.32 Å². The van der Waals surface area contributed by atoms with Crippen LogP contribution in [0, 0.1) is 13.8 Å². The van der Waals surface area contributed by atoms with Gasteiger partial charge in [0.2, 0.25) is 11.8 Å². The first kappa shape index (κ1) is 20.6. The van der Waals surface area contributed by atoms with E-state index in [-0.39, 0.29) is 23.8 Å². The van der Waals surface area contributed by atoms with Crippen LogP contribution >= 0.6 is 11.8 Å². The highest BCUT2D eigenvalue weighted by atomic mass is 32.2. The fourth-order valence-electron chi connectivity index (χ4n) is 2.95. The van der Waals surface area contributed by atoms with Gasteiger partial charge in [0.15, 0.2) is 5.17 Å². The van der Waals surface area contributed by atoms with Crippen LogP contribution in [0.5, 0.6) is 0 Å². The molecular weight excluding hydrogens is 390 g/mol. The molecule has 1 saturated heterocycles. The topological polar surface area (TPSA) is 99.1 Å². The first-order valence-electron chi connectivity index (χ1n) is 8.98. The maximum Gasteiger partial charge on any atom is 0.335 e. The second-order valence-electron chi connectivity index (χ2n) is 6.77. The molecule has 3 rings (SSSR count). The summed E-state index contributed by atoms with van der Waals surface area (Å²) in [5.74, 6) is -1.52. The van der Waals surface area contributed by atoms with E-state index in [0.717, 1.165) is 16.8 Å². The van der Waals surface area contributed by atoms with Gasteiger partial charge in [0.1, 0.15) is 5.25 Å². The maximum atomic E-state index is 12.6. The van der Waals surface area contributed by atoms with E-state index < -0.39 is 11.2 Å². The largest absolute Gasteiger partial charge is 0.478 e. The van der Waals surface area contributed by atoms with Crippen LogP contribution in [0.1, 0.15) is 27.9 Å². The highest BCUT2D eigenvalue weighted by Crippen LogP contribution is 2.32. The normalized spacial score (nSPS) is 17.6. The number of carboxylic acids is 1. The summed E-state index contributed by atoms with van der Waals surface area (Å²) in [5.41, 5.74) is 3.49. The molecule has 2 amide bonds. The maximum absolute atomic E-state index is 12.6. The summed E-state index contributed by atoms with van der Waals surface area (Å²) >= 11 is 1.27. The second kappa shape index (κ2) is 8.48. The average Bonchev–Trinajstić information content (AvgIpc) is 2.93. The van der Waals surface area contributed by atoms with Crippen LogP contribution in [0.15, 0.2) is 47.5 Å². The Bertz CT molecular complexity index is 981. The van der Waals surface area contributed by atoms with Crippen LogP contribution in [-0.4, -0.2) is 45.3 Å². The van der Waals surface area contributed by atoms with Gasteiger partial charge in [0.05, 0.1) is 11.3 Å². The zero-order chi connectivity index (χ0) is 21.1. The van der Waals surface area contributed by atoms with E-state index in [0.29, 0.717) is 10.9 Å². The number of amidine groups is 1. The number of amides is 2. The lowest BCUT2D eigenvalue weighted by atomic mass is 10.1. The lowest BCUT2D eigenvalue weighted by Gasteiger charge is -2.10. The number of carbonyl (C=O) groups excluding carboxylic acids is 2. The van der Waals surface area contributed by atoms with E-state index in [2.05, 4.69) is 10.3 Å². The fraction of sp³-hybridized carbons (Fsp3) is 0.238. The number of rotatable bonds is 5. The monoisotopic (exact) mass is 411 g/mol. The van der Waals surface area contributed by atoms with Crippen molar-refractivity contribution in [2.24, 2.45) is 4.99 Å². The van der Waals surface area contributed by atoms with Gasteiger partial charge in [0, 0.05) is 19.2 Å². The molecule has 1 aliphatic rings. The molecule has 1 aliphatic heterocycles. The molecule has 2 N–H and O–H groups in total. The molecule has 0 unspecified atom stereocenters. The van der Waals surface area contributed by atoms with Crippen molar-refractivity contribution in [3.05, 3.63) is 59.2 Å². The van der Waals surface area contributed by atoms with Gasteiger partial charge in [-0.2, -0.15) is 0 Å². The van der Waals surface area contributed by atoms with E-state index in [4.69, 9.17) is 5.11 Å². The van der Waals surface area contributed by atoms with E-state index >= 15 is 0 Å². The predicted molar refractivity (Wildman–Crippen MR) is 114 cm³/mol. The molecule has 2 aromatic rings. The van der Waals surface area contributed by atoms with E-state index in [9.17, 15) is 14.4 Å². The molecule has 1 fully saturated rings. The first-order chi connectivity index (χ1) is 13.8. The van der Waals surface area contributed by atoms with Crippen LogP contribution in [-0.2, 0) is 9.59 Å². The van der Waals surface area contributed by atoms with Crippen LogP contribution in [0.3, 0.4) is 0 Å². The van der Waals surface area contributed by atoms with Gasteiger partial charge < -0.3 is 10.4 Å². The van der Waals surface area contributed by atoms with Crippen molar-refractivity contribution >= 4 is 46.1 Å². The number of anilines is 1. The van der Waals surface area contributed by atoms with Crippen molar-refractivity contribution in [2.45, 2.75) is 25.5 Å². The third-order valence-electron chi connectivity index (χ3n) is 4.57. The number of aryl methyl sites for hydroxylation is 2. The molecule has 29 heavy (non-hydrogen) atoms. The molecular formula is C21H21N3O4S. The summed E-state index contributed by atoms with van der Waals surface area (Å²) in [6.45, 7) is 3.93. The second-order valence-corrected chi connectivity index (χ2v) is 7.94. The number of benzene rings is 2.